The first-order valence-electron chi connectivity index (χ1n) is 6.78. The van der Waals surface area contributed by atoms with Gasteiger partial charge in [0.1, 0.15) is 12.2 Å². The van der Waals surface area contributed by atoms with E-state index in [9.17, 15) is 4.79 Å². The number of rotatable bonds is 6. The molecule has 1 aromatic carbocycles. The standard InChI is InChI=1S/C14H18ClN5OS/c1-9(13-17-8-18-20-13)19-14(21)16-7-12(22-2)10-4-3-5-11(15)6-10/h3-6,8-9,12H,7H2,1-2H3,(H2,16,19,21)(H,17,18,20). The highest BCUT2D eigenvalue weighted by Gasteiger charge is 2.15. The predicted octanol–water partition coefficient (Wildman–Crippen LogP) is 2.92. The second kappa shape index (κ2) is 8.05. The molecule has 22 heavy (non-hydrogen) atoms. The van der Waals surface area contributed by atoms with Crippen LogP contribution in [0.2, 0.25) is 5.02 Å². The number of urea groups is 1. The summed E-state index contributed by atoms with van der Waals surface area (Å²) in [5.41, 5.74) is 1.09. The highest BCUT2D eigenvalue weighted by molar-refractivity contribution is 7.98. The minimum absolute atomic E-state index is 0.144. The van der Waals surface area contributed by atoms with Crippen LogP contribution in [0.3, 0.4) is 0 Å². The van der Waals surface area contributed by atoms with Crippen LogP contribution in [0.15, 0.2) is 30.6 Å². The van der Waals surface area contributed by atoms with E-state index in [4.69, 9.17) is 11.6 Å². The molecule has 0 spiro atoms. The van der Waals surface area contributed by atoms with E-state index >= 15 is 0 Å². The third kappa shape index (κ3) is 4.64. The summed E-state index contributed by atoms with van der Waals surface area (Å²) in [4.78, 5) is 16.0. The van der Waals surface area contributed by atoms with Crippen molar-refractivity contribution in [2.75, 3.05) is 12.8 Å². The van der Waals surface area contributed by atoms with Crippen molar-refractivity contribution in [1.29, 1.82) is 0 Å². The van der Waals surface area contributed by atoms with E-state index in [2.05, 4.69) is 25.8 Å². The molecule has 2 rings (SSSR count). The van der Waals surface area contributed by atoms with E-state index < -0.39 is 0 Å². The lowest BCUT2D eigenvalue weighted by molar-refractivity contribution is 0.237. The first kappa shape index (κ1) is 16.6. The molecular weight excluding hydrogens is 322 g/mol. The van der Waals surface area contributed by atoms with E-state index in [0.717, 1.165) is 5.56 Å². The van der Waals surface area contributed by atoms with Gasteiger partial charge in [0.2, 0.25) is 0 Å². The average molecular weight is 340 g/mol. The minimum Gasteiger partial charge on any atom is -0.337 e. The maximum atomic E-state index is 11.9. The van der Waals surface area contributed by atoms with Crippen LogP contribution < -0.4 is 10.6 Å². The van der Waals surface area contributed by atoms with Crippen LogP contribution in [-0.4, -0.2) is 34.0 Å². The molecule has 0 saturated heterocycles. The maximum Gasteiger partial charge on any atom is 0.315 e. The number of benzene rings is 1. The SMILES string of the molecule is CSC(CNC(=O)NC(C)c1ncn[nH]1)c1cccc(Cl)c1. The van der Waals surface area contributed by atoms with Crippen LogP contribution in [0.5, 0.6) is 0 Å². The number of halogens is 1. The van der Waals surface area contributed by atoms with Gasteiger partial charge in [-0.1, -0.05) is 23.7 Å². The monoisotopic (exact) mass is 339 g/mol. The van der Waals surface area contributed by atoms with Gasteiger partial charge in [-0.05, 0) is 30.9 Å². The lowest BCUT2D eigenvalue weighted by atomic mass is 10.1. The number of H-pyrrole nitrogens is 1. The quantitative estimate of drug-likeness (QED) is 0.755. The molecule has 0 aliphatic rings. The molecule has 2 amide bonds. The highest BCUT2D eigenvalue weighted by atomic mass is 35.5. The largest absolute Gasteiger partial charge is 0.337 e. The number of aromatic nitrogens is 3. The summed E-state index contributed by atoms with van der Waals surface area (Å²) in [6, 6.07) is 7.18. The van der Waals surface area contributed by atoms with Gasteiger partial charge in [0.15, 0.2) is 0 Å². The van der Waals surface area contributed by atoms with Crippen molar-refractivity contribution in [3.8, 4) is 0 Å². The zero-order chi connectivity index (χ0) is 15.9. The molecule has 0 saturated carbocycles. The number of carbonyl (C=O) groups excluding carboxylic acids is 1. The number of amides is 2. The molecule has 118 valence electrons. The van der Waals surface area contributed by atoms with Gasteiger partial charge in [0.25, 0.3) is 0 Å². The lowest BCUT2D eigenvalue weighted by Gasteiger charge is -2.17. The molecule has 0 bridgehead atoms. The Morgan fingerprint density at radius 1 is 1.50 bits per heavy atom. The summed E-state index contributed by atoms with van der Waals surface area (Å²) >= 11 is 7.67. The van der Waals surface area contributed by atoms with Crippen molar-refractivity contribution in [1.82, 2.24) is 25.8 Å². The number of nitrogens with one attached hydrogen (secondary N) is 3. The zero-order valence-electron chi connectivity index (χ0n) is 12.3. The second-order valence-electron chi connectivity index (χ2n) is 4.73. The summed E-state index contributed by atoms with van der Waals surface area (Å²) < 4.78 is 0. The van der Waals surface area contributed by atoms with Crippen LogP contribution >= 0.6 is 23.4 Å². The molecule has 2 unspecified atom stereocenters. The molecule has 0 fully saturated rings. The Bertz CT molecular complexity index is 607. The van der Waals surface area contributed by atoms with Gasteiger partial charge in [0.05, 0.1) is 6.04 Å². The number of hydrogen-bond acceptors (Lipinski definition) is 4. The molecule has 8 heteroatoms. The number of thioether (sulfide) groups is 1. The first-order valence-corrected chi connectivity index (χ1v) is 8.44. The Balaban J connectivity index is 1.86. The van der Waals surface area contributed by atoms with Crippen LogP contribution in [0, 0.1) is 0 Å². The molecule has 0 aliphatic carbocycles. The van der Waals surface area contributed by atoms with Gasteiger partial charge in [-0.25, -0.2) is 9.78 Å². The first-order chi connectivity index (χ1) is 10.6. The summed E-state index contributed by atoms with van der Waals surface area (Å²) in [5, 5.41) is 13.0. The van der Waals surface area contributed by atoms with Gasteiger partial charge in [-0.3, -0.25) is 5.10 Å². The van der Waals surface area contributed by atoms with Crippen molar-refractivity contribution in [3.05, 3.63) is 47.0 Å². The molecular formula is C14H18ClN5OS. The molecule has 2 atom stereocenters. The third-order valence-corrected chi connectivity index (χ3v) is 4.39. The second-order valence-corrected chi connectivity index (χ2v) is 6.20. The molecule has 2 aromatic rings. The maximum absolute atomic E-state index is 11.9. The van der Waals surface area contributed by atoms with Crippen molar-refractivity contribution in [2.24, 2.45) is 0 Å². The Kier molecular flexibility index (Phi) is 6.09. The van der Waals surface area contributed by atoms with Crippen LogP contribution in [0.1, 0.15) is 29.6 Å². The third-order valence-electron chi connectivity index (χ3n) is 3.14. The number of nitrogens with zero attached hydrogens (tertiary/aromatic N) is 2. The number of aromatic amines is 1. The van der Waals surface area contributed by atoms with E-state index in [1.165, 1.54) is 6.33 Å². The fourth-order valence-electron chi connectivity index (χ4n) is 1.97. The van der Waals surface area contributed by atoms with Crippen molar-refractivity contribution in [2.45, 2.75) is 18.2 Å². The van der Waals surface area contributed by atoms with Gasteiger partial charge in [0, 0.05) is 16.8 Å². The highest BCUT2D eigenvalue weighted by Crippen LogP contribution is 2.27. The molecule has 1 aromatic heterocycles. The number of carbonyl (C=O) groups is 1. The zero-order valence-corrected chi connectivity index (χ0v) is 13.9. The fourth-order valence-corrected chi connectivity index (χ4v) is 2.84. The Morgan fingerprint density at radius 3 is 2.95 bits per heavy atom. The predicted molar refractivity (Wildman–Crippen MR) is 89.0 cm³/mol. The van der Waals surface area contributed by atoms with Crippen LogP contribution in [-0.2, 0) is 0 Å². The minimum atomic E-state index is -0.245. The summed E-state index contributed by atoms with van der Waals surface area (Å²) in [6.45, 7) is 2.35. The van der Waals surface area contributed by atoms with Gasteiger partial charge < -0.3 is 10.6 Å². The van der Waals surface area contributed by atoms with Gasteiger partial charge in [-0.2, -0.15) is 16.9 Å². The molecule has 0 aliphatic heterocycles. The van der Waals surface area contributed by atoms with Crippen molar-refractivity contribution in [3.63, 3.8) is 0 Å². The molecule has 6 nitrogen and oxygen atoms in total. The Morgan fingerprint density at radius 2 is 2.32 bits per heavy atom. The topological polar surface area (TPSA) is 82.7 Å². The van der Waals surface area contributed by atoms with Crippen LogP contribution in [0.25, 0.3) is 0 Å². The van der Waals surface area contributed by atoms with Gasteiger partial charge >= 0.3 is 6.03 Å². The Labute approximate surface area is 138 Å². The molecule has 0 radical (unpaired) electrons. The average Bonchev–Trinajstić information content (AvgIpc) is 3.02. The fraction of sp³-hybridized carbons (Fsp3) is 0.357. The number of hydrogen-bond donors (Lipinski definition) is 3. The smallest absolute Gasteiger partial charge is 0.315 e. The summed E-state index contributed by atoms with van der Waals surface area (Å²) in [5.74, 6) is 0.617. The van der Waals surface area contributed by atoms with E-state index in [1.54, 1.807) is 11.8 Å². The van der Waals surface area contributed by atoms with E-state index in [-0.39, 0.29) is 17.3 Å². The summed E-state index contributed by atoms with van der Waals surface area (Å²) in [7, 11) is 0. The molecule has 1 heterocycles. The normalized spacial score (nSPS) is 13.4. The van der Waals surface area contributed by atoms with E-state index in [1.807, 2.05) is 37.4 Å². The summed E-state index contributed by atoms with van der Waals surface area (Å²) in [6.07, 6.45) is 3.41. The van der Waals surface area contributed by atoms with Crippen molar-refractivity contribution >= 4 is 29.4 Å². The van der Waals surface area contributed by atoms with Gasteiger partial charge in [-0.15, -0.1) is 0 Å². The van der Waals surface area contributed by atoms with Crippen molar-refractivity contribution < 1.29 is 4.79 Å². The van der Waals surface area contributed by atoms with Crippen LogP contribution in [0.4, 0.5) is 4.79 Å². The molecule has 3 N–H and O–H groups in total. The van der Waals surface area contributed by atoms with E-state index in [0.29, 0.717) is 17.4 Å². The Hall–Kier alpha value is -1.73. The lowest BCUT2D eigenvalue weighted by Crippen LogP contribution is -2.39.